The van der Waals surface area contributed by atoms with Crippen molar-refractivity contribution >= 4 is 50.6 Å². The van der Waals surface area contributed by atoms with Crippen molar-refractivity contribution in [3.05, 3.63) is 68.8 Å². The highest BCUT2D eigenvalue weighted by atomic mass is 79.9. The van der Waals surface area contributed by atoms with Gasteiger partial charge in [-0.2, -0.15) is 13.2 Å². The van der Waals surface area contributed by atoms with E-state index in [1.807, 2.05) is 12.1 Å². The largest absolute Gasteiger partial charge is 0.393 e. The average Bonchev–Trinajstić information content (AvgIpc) is 2.82. The Bertz CT molecular complexity index is 895. The molecule has 1 heterocycles. The molecule has 0 radical (unpaired) electrons. The first-order valence-electron chi connectivity index (χ1n) is 7.12. The molecule has 1 aromatic heterocycles. The van der Waals surface area contributed by atoms with E-state index in [4.69, 9.17) is 11.6 Å². The molecule has 3 rings (SSSR count). The monoisotopic (exact) mass is 413 g/mol. The zero-order chi connectivity index (χ0) is 17.3. The third-order valence-corrected chi connectivity index (χ3v) is 4.34. The minimum atomic E-state index is -4.27. The zero-order valence-corrected chi connectivity index (χ0v) is 14.6. The van der Waals surface area contributed by atoms with Gasteiger partial charge in [0.25, 0.3) is 0 Å². The van der Waals surface area contributed by atoms with Crippen LogP contribution < -0.4 is 0 Å². The first-order chi connectivity index (χ1) is 11.3. The quantitative estimate of drug-likeness (QED) is 0.482. The van der Waals surface area contributed by atoms with Crippen molar-refractivity contribution in [1.29, 1.82) is 0 Å². The van der Waals surface area contributed by atoms with Gasteiger partial charge in [0.05, 0.1) is 6.42 Å². The molecule has 0 saturated heterocycles. The fraction of sp³-hybridized carbons (Fsp3) is 0.111. The van der Waals surface area contributed by atoms with E-state index < -0.39 is 12.6 Å². The zero-order valence-electron chi connectivity index (χ0n) is 12.3. The van der Waals surface area contributed by atoms with Crippen LogP contribution >= 0.6 is 27.5 Å². The summed E-state index contributed by atoms with van der Waals surface area (Å²) in [6, 6.07) is 12.3. The lowest BCUT2D eigenvalue weighted by molar-refractivity contribution is -0.127. The van der Waals surface area contributed by atoms with E-state index in [1.165, 1.54) is 0 Å². The summed E-state index contributed by atoms with van der Waals surface area (Å²) >= 11 is 9.17. The lowest BCUT2D eigenvalue weighted by Crippen LogP contribution is -2.12. The molecule has 0 aliphatic carbocycles. The van der Waals surface area contributed by atoms with Crippen LogP contribution in [0.15, 0.2) is 46.9 Å². The third kappa shape index (κ3) is 4.02. The van der Waals surface area contributed by atoms with Crippen molar-refractivity contribution in [2.45, 2.75) is 12.6 Å². The maximum absolute atomic E-state index is 13.0. The second kappa shape index (κ2) is 6.65. The van der Waals surface area contributed by atoms with Gasteiger partial charge in [-0.05, 0) is 41.5 Å². The summed E-state index contributed by atoms with van der Waals surface area (Å²) in [4.78, 5) is 3.07. The highest BCUT2D eigenvalue weighted by Gasteiger charge is 2.30. The van der Waals surface area contributed by atoms with E-state index in [0.29, 0.717) is 21.6 Å². The fourth-order valence-electron chi connectivity index (χ4n) is 2.54. The molecule has 0 bridgehead atoms. The van der Waals surface area contributed by atoms with Crippen LogP contribution in [0.25, 0.3) is 23.1 Å². The fourth-order valence-corrected chi connectivity index (χ4v) is 3.02. The highest BCUT2D eigenvalue weighted by Crippen LogP contribution is 2.32. The molecule has 0 fully saturated rings. The Morgan fingerprint density at radius 2 is 1.75 bits per heavy atom. The van der Waals surface area contributed by atoms with E-state index in [0.717, 1.165) is 10.0 Å². The van der Waals surface area contributed by atoms with Crippen molar-refractivity contribution in [3.63, 3.8) is 0 Å². The number of alkyl halides is 3. The summed E-state index contributed by atoms with van der Waals surface area (Å²) in [5, 5.41) is 1.19. The van der Waals surface area contributed by atoms with Crippen molar-refractivity contribution in [2.24, 2.45) is 0 Å². The molecule has 0 atom stereocenters. The Hall–Kier alpha value is -1.72. The first-order valence-corrected chi connectivity index (χ1v) is 8.29. The van der Waals surface area contributed by atoms with E-state index in [9.17, 15) is 13.2 Å². The standard InChI is InChI=1S/C18H12BrClF3N/c19-12-4-7-14-15(10-18(21,22)23)16(24-17(14)9-12)8-3-11-1-5-13(20)6-2-11/h1-9,24H,10H2/b8-3+. The molecule has 0 spiro atoms. The number of fused-ring (bicyclic) bond motifs is 1. The second-order valence-electron chi connectivity index (χ2n) is 5.38. The van der Waals surface area contributed by atoms with Crippen LogP contribution in [0.1, 0.15) is 16.8 Å². The molecule has 1 N–H and O–H groups in total. The number of halogens is 5. The summed E-state index contributed by atoms with van der Waals surface area (Å²) in [7, 11) is 0. The molecule has 0 aliphatic heterocycles. The minimum Gasteiger partial charge on any atom is -0.355 e. The molecule has 0 aliphatic rings. The van der Waals surface area contributed by atoms with Gasteiger partial charge in [-0.3, -0.25) is 0 Å². The van der Waals surface area contributed by atoms with Gasteiger partial charge in [0.1, 0.15) is 0 Å². The normalized spacial score (nSPS) is 12.4. The van der Waals surface area contributed by atoms with Gasteiger partial charge in [-0.25, -0.2) is 0 Å². The van der Waals surface area contributed by atoms with Crippen molar-refractivity contribution in [3.8, 4) is 0 Å². The lowest BCUT2D eigenvalue weighted by atomic mass is 10.1. The molecule has 24 heavy (non-hydrogen) atoms. The number of hydrogen-bond donors (Lipinski definition) is 1. The SMILES string of the molecule is FC(F)(F)Cc1c(/C=C/c2ccc(Cl)cc2)[nH]c2cc(Br)ccc12. The van der Waals surface area contributed by atoms with E-state index >= 15 is 0 Å². The van der Waals surface area contributed by atoms with Crippen LogP contribution in [0.5, 0.6) is 0 Å². The van der Waals surface area contributed by atoms with Gasteiger partial charge in [-0.15, -0.1) is 0 Å². The Morgan fingerprint density at radius 3 is 2.42 bits per heavy atom. The number of nitrogens with one attached hydrogen (secondary N) is 1. The molecular formula is C18H12BrClF3N. The Morgan fingerprint density at radius 1 is 1.04 bits per heavy atom. The van der Waals surface area contributed by atoms with Crippen molar-refractivity contribution in [2.75, 3.05) is 0 Å². The number of aromatic nitrogens is 1. The summed E-state index contributed by atoms with van der Waals surface area (Å²) < 4.78 is 39.7. The van der Waals surface area contributed by atoms with E-state index in [2.05, 4.69) is 20.9 Å². The topological polar surface area (TPSA) is 15.8 Å². The highest BCUT2D eigenvalue weighted by molar-refractivity contribution is 9.10. The first kappa shape index (κ1) is 17.1. The van der Waals surface area contributed by atoms with Gasteiger partial charge in [-0.1, -0.05) is 51.8 Å². The smallest absolute Gasteiger partial charge is 0.355 e. The lowest BCUT2D eigenvalue weighted by Gasteiger charge is -2.06. The molecule has 0 unspecified atom stereocenters. The molecule has 2 aromatic carbocycles. The van der Waals surface area contributed by atoms with Crippen molar-refractivity contribution in [1.82, 2.24) is 4.98 Å². The molecule has 3 aromatic rings. The minimum absolute atomic E-state index is 0.246. The van der Waals surface area contributed by atoms with Crippen molar-refractivity contribution < 1.29 is 13.2 Å². The predicted molar refractivity (Wildman–Crippen MR) is 96.1 cm³/mol. The number of H-pyrrole nitrogens is 1. The average molecular weight is 415 g/mol. The van der Waals surface area contributed by atoms with E-state index in [1.54, 1.807) is 42.5 Å². The van der Waals surface area contributed by atoms with Gasteiger partial charge in [0.2, 0.25) is 0 Å². The van der Waals surface area contributed by atoms with Gasteiger partial charge in [0.15, 0.2) is 0 Å². The number of aromatic amines is 1. The number of hydrogen-bond acceptors (Lipinski definition) is 0. The predicted octanol–water partition coefficient (Wildman–Crippen LogP) is 6.86. The Balaban J connectivity index is 2.05. The van der Waals surface area contributed by atoms with Gasteiger partial charge < -0.3 is 4.98 Å². The summed E-state index contributed by atoms with van der Waals surface area (Å²) in [6.45, 7) is 0. The van der Waals surface area contributed by atoms with Gasteiger partial charge in [0, 0.05) is 26.1 Å². The van der Waals surface area contributed by atoms with Crippen LogP contribution in [-0.4, -0.2) is 11.2 Å². The Labute approximate surface area is 150 Å². The van der Waals surface area contributed by atoms with Crippen LogP contribution in [-0.2, 0) is 6.42 Å². The Kier molecular flexibility index (Phi) is 4.74. The number of benzene rings is 2. The molecule has 0 amide bonds. The van der Waals surface area contributed by atoms with Crippen LogP contribution in [0.3, 0.4) is 0 Å². The molecule has 0 saturated carbocycles. The van der Waals surface area contributed by atoms with E-state index in [-0.39, 0.29) is 5.56 Å². The summed E-state index contributed by atoms with van der Waals surface area (Å²) in [6.07, 6.45) is -1.83. The number of rotatable bonds is 3. The summed E-state index contributed by atoms with van der Waals surface area (Å²) in [5.74, 6) is 0. The van der Waals surface area contributed by atoms with Crippen LogP contribution in [0.4, 0.5) is 13.2 Å². The molecular weight excluding hydrogens is 403 g/mol. The van der Waals surface area contributed by atoms with Gasteiger partial charge >= 0.3 is 6.18 Å². The maximum atomic E-state index is 13.0. The molecule has 1 nitrogen and oxygen atoms in total. The maximum Gasteiger partial charge on any atom is 0.393 e. The summed E-state index contributed by atoms with van der Waals surface area (Å²) in [5.41, 5.74) is 2.22. The van der Waals surface area contributed by atoms with Crippen LogP contribution in [0, 0.1) is 0 Å². The molecule has 6 heteroatoms. The molecule has 124 valence electrons. The second-order valence-corrected chi connectivity index (χ2v) is 6.74. The third-order valence-electron chi connectivity index (χ3n) is 3.59. The van der Waals surface area contributed by atoms with Crippen LogP contribution in [0.2, 0.25) is 5.02 Å².